The molecular weight excluding hydrogens is 1450 g/mol. The number of amides is 11. The van der Waals surface area contributed by atoms with Gasteiger partial charge in [-0.05, 0) is 84.5 Å². The van der Waals surface area contributed by atoms with Gasteiger partial charge in [0.1, 0.15) is 17.7 Å². The van der Waals surface area contributed by atoms with E-state index in [0.717, 1.165) is 51.4 Å². The van der Waals surface area contributed by atoms with Crippen LogP contribution in [0, 0.1) is 17.8 Å². The van der Waals surface area contributed by atoms with Crippen LogP contribution in [0.2, 0.25) is 0 Å². The molecule has 110 heavy (non-hydrogen) atoms. The van der Waals surface area contributed by atoms with E-state index in [9.17, 15) is 68.1 Å². The number of aliphatic hydroxyl groups excluding tert-OH is 3. The molecule has 18 N–H and O–H groups in total. The summed E-state index contributed by atoms with van der Waals surface area (Å²) >= 11 is 0. The maximum Gasteiger partial charge on any atom is 0.248 e. The second kappa shape index (κ2) is 57.5. The van der Waals surface area contributed by atoms with Gasteiger partial charge in [-0.1, -0.05) is 44.9 Å². The SMILES string of the molecule is CC(=O)NC(C)[C@@H](OO)OCCCCC(=O)NCCCNC(=O)CCOCC(COCCC(=O)NCCCNC(=O)CCCCO[C@H](OO)C(C)NC(C)=O)(COCCC(=O)NCCCNC(=O)CCCCO[C@@H]1OC2C3C(CO)[C@H](O)C(O)C3C21NC(C)=O)NC(=O)CCCCCCCCCCCNC(=O)CON. The molecule has 1 heterocycles. The third-order valence-corrected chi connectivity index (χ3v) is 18.9. The van der Waals surface area contributed by atoms with Gasteiger partial charge in [-0.3, -0.25) is 57.6 Å². The molecule has 0 spiro atoms. The Morgan fingerprint density at radius 2 is 0.809 bits per heavy atom. The second-order valence-corrected chi connectivity index (χ2v) is 28.3. The topological polar surface area (TPSA) is 540 Å². The minimum absolute atomic E-state index is 0.0735. The van der Waals surface area contributed by atoms with Crippen LogP contribution in [0.15, 0.2) is 0 Å². The lowest BCUT2D eigenvalue weighted by Gasteiger charge is -2.69. The highest BCUT2D eigenvalue weighted by atomic mass is 17.1. The Kier molecular flexibility index (Phi) is 51.1. The normalized spacial score (nSPS) is 20.4. The predicted octanol–water partition coefficient (Wildman–Crippen LogP) is -0.733. The van der Waals surface area contributed by atoms with E-state index in [4.69, 9.17) is 49.6 Å². The van der Waals surface area contributed by atoms with Gasteiger partial charge in [0.05, 0.1) is 70.0 Å². The number of carbonyl (C=O) groups is 11. The Morgan fingerprint density at radius 3 is 1.20 bits per heavy atom. The van der Waals surface area contributed by atoms with E-state index in [1.54, 1.807) is 13.8 Å². The average Bonchev–Trinajstić information content (AvgIpc) is 1.31. The van der Waals surface area contributed by atoms with Crippen LogP contribution in [0.3, 0.4) is 0 Å². The molecule has 3 rings (SSSR count). The first kappa shape index (κ1) is 97.7. The fourth-order valence-electron chi connectivity index (χ4n) is 13.3. The summed E-state index contributed by atoms with van der Waals surface area (Å²) in [6.07, 6.45) is 6.90. The van der Waals surface area contributed by atoms with E-state index in [1.165, 1.54) is 20.8 Å². The molecule has 38 nitrogen and oxygen atoms in total. The van der Waals surface area contributed by atoms with Gasteiger partial charge in [0.15, 0.2) is 6.29 Å². The zero-order chi connectivity index (χ0) is 81.0. The van der Waals surface area contributed by atoms with E-state index >= 15 is 0 Å². The zero-order valence-electron chi connectivity index (χ0n) is 65.1. The van der Waals surface area contributed by atoms with Crippen molar-refractivity contribution >= 4 is 65.0 Å². The highest BCUT2D eigenvalue weighted by Gasteiger charge is 2.81. The maximum atomic E-state index is 13.9. The summed E-state index contributed by atoms with van der Waals surface area (Å²) in [5.41, 5.74) is -2.41. The van der Waals surface area contributed by atoms with Gasteiger partial charge in [-0.25, -0.2) is 26.2 Å². The molecule has 3 aliphatic rings. The van der Waals surface area contributed by atoms with Crippen molar-refractivity contribution in [3.63, 3.8) is 0 Å². The number of carbonyl (C=O) groups excluding carboxylic acids is 11. The molecule has 0 aromatic carbocycles. The van der Waals surface area contributed by atoms with Crippen molar-refractivity contribution in [3.05, 3.63) is 0 Å². The number of nitrogens with two attached hydrogens (primary N) is 1. The molecule has 0 bridgehead atoms. The number of hydrogen-bond donors (Lipinski definition) is 17. The van der Waals surface area contributed by atoms with Gasteiger partial charge >= 0.3 is 0 Å². The molecule has 11 amide bonds. The molecule has 8 unspecified atom stereocenters. The molecule has 1 saturated heterocycles. The fourth-order valence-corrected chi connectivity index (χ4v) is 13.3. The molecule has 0 radical (unpaired) electrons. The van der Waals surface area contributed by atoms with Gasteiger partial charge in [-0.2, -0.15) is 0 Å². The van der Waals surface area contributed by atoms with Gasteiger partial charge in [0.25, 0.3) is 0 Å². The molecule has 0 aromatic rings. The van der Waals surface area contributed by atoms with Crippen molar-refractivity contribution in [2.75, 3.05) is 118 Å². The Hall–Kier alpha value is -6.47. The van der Waals surface area contributed by atoms with E-state index in [-0.39, 0.29) is 215 Å². The number of hydrogen-bond acceptors (Lipinski definition) is 27. The Morgan fingerprint density at radius 1 is 0.445 bits per heavy atom. The lowest BCUT2D eigenvalue weighted by atomic mass is 9.52. The van der Waals surface area contributed by atoms with Gasteiger partial charge in [0.2, 0.25) is 77.6 Å². The van der Waals surface area contributed by atoms with Crippen LogP contribution in [-0.4, -0.2) is 270 Å². The minimum Gasteiger partial charge on any atom is -0.396 e. The quantitative estimate of drug-likeness (QED) is 0.0154. The summed E-state index contributed by atoms with van der Waals surface area (Å²) in [6, 6.07) is -1.20. The smallest absolute Gasteiger partial charge is 0.248 e. The Labute approximate surface area is 645 Å². The van der Waals surface area contributed by atoms with Gasteiger partial charge < -0.3 is 107 Å². The standard InChI is InChI=1S/C72H130N12O26/c1-49(81-51(3)86)68(109-99)104-38-18-14-24-55(89)74-32-21-35-77-58(92)28-41-101-46-71(84-61(95)27-13-11-9-7-6-8-10-12-17-31-80-62(96)45-107-73,47-102-42-29-59(93)78-36-22-33-75-56(90)25-15-19-39-105-69(110-100)50(2)82-52(4)87)48-103-43-30-60(94)79-37-23-34-76-57(91)26-16-20-40-106-70-72(83-53(5)88)64-63(67(72)108-70)54(44-85)65(97)66(64)98/h49-50,54,63-70,85,97-100H,6-48,73H2,1-5H3,(H,74,89)(H,75,90)(H,76,91)(H,77,92)(H,78,93)(H,79,94)(H,80,96)(H,81,86)(H,82,87)(H,83,88)(H,84,95)/t49?,50?,54?,63?,64?,65-,66?,67?,68+,69+,70+,71?,72?/m0/s1. The van der Waals surface area contributed by atoms with Crippen molar-refractivity contribution in [1.82, 2.24) is 58.5 Å². The highest BCUT2D eigenvalue weighted by Crippen LogP contribution is 2.65. The molecule has 38 heteroatoms. The fraction of sp³-hybridized carbons (Fsp3) is 0.847. The molecule has 2 aliphatic carbocycles. The van der Waals surface area contributed by atoms with Crippen LogP contribution in [0.5, 0.6) is 0 Å². The van der Waals surface area contributed by atoms with E-state index in [1.807, 2.05) is 0 Å². The van der Waals surface area contributed by atoms with Crippen LogP contribution >= 0.6 is 0 Å². The number of nitrogens with one attached hydrogen (secondary N) is 11. The van der Waals surface area contributed by atoms with Crippen molar-refractivity contribution in [2.24, 2.45) is 23.7 Å². The lowest BCUT2D eigenvalue weighted by Crippen LogP contribution is -2.88. The Bertz CT molecular complexity index is 2620. The molecule has 634 valence electrons. The third kappa shape index (κ3) is 39.3. The Balaban J connectivity index is 1.54. The van der Waals surface area contributed by atoms with E-state index < -0.39 is 72.2 Å². The molecule has 3 fully saturated rings. The number of ether oxygens (including phenoxy) is 7. The summed E-state index contributed by atoms with van der Waals surface area (Å²) in [7, 11) is 0. The first-order valence-electron chi connectivity index (χ1n) is 39.0. The lowest BCUT2D eigenvalue weighted by molar-refractivity contribution is -0.406. The highest BCUT2D eigenvalue weighted by molar-refractivity contribution is 5.79. The van der Waals surface area contributed by atoms with E-state index in [0.29, 0.717) is 83.8 Å². The van der Waals surface area contributed by atoms with Gasteiger partial charge in [-0.15, -0.1) is 0 Å². The number of fused-ring (bicyclic) bond motifs is 4. The predicted molar refractivity (Wildman–Crippen MR) is 394 cm³/mol. The number of rotatable bonds is 68. The van der Waals surface area contributed by atoms with Crippen molar-refractivity contribution in [2.45, 2.75) is 255 Å². The summed E-state index contributed by atoms with van der Waals surface area (Å²) in [6.45, 7) is 8.49. The van der Waals surface area contributed by atoms with Crippen molar-refractivity contribution < 1.29 is 126 Å². The molecule has 0 aromatic heterocycles. The zero-order valence-corrected chi connectivity index (χ0v) is 65.1. The van der Waals surface area contributed by atoms with Crippen LogP contribution < -0.4 is 64.4 Å². The largest absolute Gasteiger partial charge is 0.396 e. The van der Waals surface area contributed by atoms with Gasteiger partial charge in [0, 0.05) is 156 Å². The number of aliphatic hydroxyl groups is 3. The van der Waals surface area contributed by atoms with Crippen LogP contribution in [0.25, 0.3) is 0 Å². The maximum absolute atomic E-state index is 13.9. The minimum atomic E-state index is -1.38. The molecule has 12 atom stereocenters. The third-order valence-electron chi connectivity index (χ3n) is 18.9. The first-order chi connectivity index (χ1) is 52.9. The average molecular weight is 1580 g/mol. The molecule has 1 aliphatic heterocycles. The second-order valence-electron chi connectivity index (χ2n) is 28.3. The van der Waals surface area contributed by atoms with Crippen molar-refractivity contribution in [3.8, 4) is 0 Å². The summed E-state index contributed by atoms with van der Waals surface area (Å²) in [5, 5.41) is 80.2. The van der Waals surface area contributed by atoms with Crippen LogP contribution in [0.1, 0.15) is 195 Å². The summed E-state index contributed by atoms with van der Waals surface area (Å²) in [5.74, 6) is 0.263. The van der Waals surface area contributed by atoms with Crippen LogP contribution in [-0.2, 0) is 101 Å². The monoisotopic (exact) mass is 1580 g/mol. The molecular formula is C72H130N12O26. The molecule has 2 saturated carbocycles. The van der Waals surface area contributed by atoms with Crippen molar-refractivity contribution in [1.29, 1.82) is 0 Å². The van der Waals surface area contributed by atoms with E-state index in [2.05, 4.69) is 73.1 Å². The summed E-state index contributed by atoms with van der Waals surface area (Å²) in [4.78, 5) is 150. The summed E-state index contributed by atoms with van der Waals surface area (Å²) < 4.78 is 41.2. The first-order valence-corrected chi connectivity index (χ1v) is 39.0. The van der Waals surface area contributed by atoms with Crippen LogP contribution in [0.4, 0.5) is 0 Å². The number of unbranched alkanes of at least 4 members (excludes halogenated alkanes) is 11.